The van der Waals surface area contributed by atoms with Gasteiger partial charge in [0, 0.05) is 51.1 Å². The number of carbonyl (C=O) groups is 2. The molecule has 0 bridgehead atoms. The average molecular weight is 373 g/mol. The zero-order valence-corrected chi connectivity index (χ0v) is 17.6. The highest BCUT2D eigenvalue weighted by Gasteiger charge is 2.23. The van der Waals surface area contributed by atoms with Gasteiger partial charge in [0.1, 0.15) is 0 Å². The molecule has 0 unspecified atom stereocenters. The lowest BCUT2D eigenvalue weighted by atomic mass is 9.96. The van der Waals surface area contributed by atoms with Gasteiger partial charge in [-0.05, 0) is 48.5 Å². The van der Waals surface area contributed by atoms with Crippen molar-refractivity contribution in [3.8, 4) is 0 Å². The number of rotatable bonds is 15. The minimum atomic E-state index is -0.0475. The molecule has 0 atom stereocenters. The van der Waals surface area contributed by atoms with Crippen molar-refractivity contribution in [2.24, 2.45) is 0 Å². The summed E-state index contributed by atoms with van der Waals surface area (Å²) >= 11 is 0. The van der Waals surface area contributed by atoms with Crippen LogP contribution in [0.15, 0.2) is 0 Å². The van der Waals surface area contributed by atoms with Gasteiger partial charge in [-0.25, -0.2) is 0 Å². The third-order valence-electron chi connectivity index (χ3n) is 4.73. The van der Waals surface area contributed by atoms with Crippen molar-refractivity contribution in [2.75, 3.05) is 67.6 Å². The normalized spacial score (nSPS) is 11.8. The molecule has 0 spiro atoms. The van der Waals surface area contributed by atoms with E-state index in [2.05, 4.69) is 52.0 Å². The van der Waals surface area contributed by atoms with E-state index in [0.29, 0.717) is 19.4 Å². The molecule has 0 aliphatic heterocycles. The SMILES string of the molecule is CNCCN(C)CCC(=O)NCNC(=O)CCC(C)(C)N(C)CCNC. The second-order valence-electron chi connectivity index (χ2n) is 7.37. The lowest BCUT2D eigenvalue weighted by molar-refractivity contribution is -0.123. The number of amides is 2. The predicted molar refractivity (Wildman–Crippen MR) is 107 cm³/mol. The molecular formula is C18H40N6O2. The minimum Gasteiger partial charge on any atom is -0.339 e. The van der Waals surface area contributed by atoms with E-state index >= 15 is 0 Å². The Morgan fingerprint density at radius 2 is 1.38 bits per heavy atom. The summed E-state index contributed by atoms with van der Waals surface area (Å²) in [7, 11) is 7.90. The standard InChI is InChI=1S/C18H40N6O2/c1-18(2,24(6)14-11-20-4)9-7-16(25)21-15-22-17(26)8-12-23(5)13-10-19-3/h19-20H,7-15H2,1-6H3,(H,21,25)(H,22,26). The van der Waals surface area contributed by atoms with Crippen molar-refractivity contribution in [1.82, 2.24) is 31.1 Å². The van der Waals surface area contributed by atoms with Crippen LogP contribution in [0.2, 0.25) is 0 Å². The molecule has 0 aliphatic rings. The molecule has 0 heterocycles. The zero-order chi connectivity index (χ0) is 20.0. The summed E-state index contributed by atoms with van der Waals surface area (Å²) in [5.41, 5.74) is -0.0463. The Hall–Kier alpha value is -1.22. The van der Waals surface area contributed by atoms with E-state index in [1.54, 1.807) is 0 Å². The van der Waals surface area contributed by atoms with Crippen molar-refractivity contribution in [3.63, 3.8) is 0 Å². The van der Waals surface area contributed by atoms with Gasteiger partial charge in [0.2, 0.25) is 11.8 Å². The Balaban J connectivity index is 3.89. The van der Waals surface area contributed by atoms with Crippen LogP contribution in [0.25, 0.3) is 0 Å². The predicted octanol–water partition coefficient (Wildman–Crippen LogP) is -0.572. The van der Waals surface area contributed by atoms with Crippen molar-refractivity contribution >= 4 is 11.8 Å². The van der Waals surface area contributed by atoms with Gasteiger partial charge in [-0.2, -0.15) is 0 Å². The summed E-state index contributed by atoms with van der Waals surface area (Å²) in [6.45, 7) is 8.83. The molecule has 154 valence electrons. The maximum atomic E-state index is 12.0. The molecule has 8 heteroatoms. The molecule has 0 aromatic heterocycles. The van der Waals surface area contributed by atoms with Crippen LogP contribution in [0.1, 0.15) is 33.1 Å². The highest BCUT2D eigenvalue weighted by atomic mass is 16.2. The van der Waals surface area contributed by atoms with Gasteiger partial charge in [0.15, 0.2) is 0 Å². The van der Waals surface area contributed by atoms with Crippen LogP contribution in [0, 0.1) is 0 Å². The number of likely N-dealkylation sites (N-methyl/N-ethyl adjacent to an activating group) is 4. The maximum absolute atomic E-state index is 12.0. The van der Waals surface area contributed by atoms with E-state index in [-0.39, 0.29) is 24.0 Å². The van der Waals surface area contributed by atoms with E-state index in [1.807, 2.05) is 21.1 Å². The second-order valence-corrected chi connectivity index (χ2v) is 7.37. The number of carbonyl (C=O) groups excluding carboxylic acids is 2. The van der Waals surface area contributed by atoms with Crippen molar-refractivity contribution in [3.05, 3.63) is 0 Å². The van der Waals surface area contributed by atoms with Gasteiger partial charge in [-0.15, -0.1) is 0 Å². The molecule has 26 heavy (non-hydrogen) atoms. The average Bonchev–Trinajstić information content (AvgIpc) is 2.60. The van der Waals surface area contributed by atoms with Gasteiger partial charge in [-0.1, -0.05) is 0 Å². The minimum absolute atomic E-state index is 0.0356. The first kappa shape index (κ1) is 24.8. The summed E-state index contributed by atoms with van der Waals surface area (Å²) in [5.74, 6) is -0.0831. The number of hydrogen-bond donors (Lipinski definition) is 4. The summed E-state index contributed by atoms with van der Waals surface area (Å²) in [5, 5.41) is 11.7. The molecule has 0 saturated heterocycles. The molecule has 0 aromatic carbocycles. The zero-order valence-electron chi connectivity index (χ0n) is 17.6. The fraction of sp³-hybridized carbons (Fsp3) is 0.889. The van der Waals surface area contributed by atoms with Crippen molar-refractivity contribution in [2.45, 2.75) is 38.6 Å². The lowest BCUT2D eigenvalue weighted by Crippen LogP contribution is -2.45. The third kappa shape index (κ3) is 12.2. The van der Waals surface area contributed by atoms with E-state index < -0.39 is 0 Å². The molecule has 0 aliphatic carbocycles. The second kappa shape index (κ2) is 13.9. The monoisotopic (exact) mass is 372 g/mol. The van der Waals surface area contributed by atoms with Crippen LogP contribution < -0.4 is 21.3 Å². The van der Waals surface area contributed by atoms with Crippen LogP contribution in [0.3, 0.4) is 0 Å². The van der Waals surface area contributed by atoms with Crippen LogP contribution >= 0.6 is 0 Å². The Morgan fingerprint density at radius 1 is 0.846 bits per heavy atom. The van der Waals surface area contributed by atoms with Crippen LogP contribution in [-0.2, 0) is 9.59 Å². The van der Waals surface area contributed by atoms with E-state index in [1.165, 1.54) is 0 Å². The van der Waals surface area contributed by atoms with Crippen LogP contribution in [-0.4, -0.2) is 94.7 Å². The van der Waals surface area contributed by atoms with E-state index in [9.17, 15) is 9.59 Å². The summed E-state index contributed by atoms with van der Waals surface area (Å²) < 4.78 is 0. The van der Waals surface area contributed by atoms with Gasteiger partial charge in [-0.3, -0.25) is 14.5 Å². The van der Waals surface area contributed by atoms with Gasteiger partial charge in [0.25, 0.3) is 0 Å². The molecular weight excluding hydrogens is 332 g/mol. The lowest BCUT2D eigenvalue weighted by Gasteiger charge is -2.35. The first-order valence-corrected chi connectivity index (χ1v) is 9.45. The van der Waals surface area contributed by atoms with Crippen molar-refractivity contribution in [1.29, 1.82) is 0 Å². The molecule has 0 saturated carbocycles. The van der Waals surface area contributed by atoms with Gasteiger partial charge >= 0.3 is 0 Å². The van der Waals surface area contributed by atoms with Crippen molar-refractivity contribution < 1.29 is 9.59 Å². The Morgan fingerprint density at radius 3 is 1.96 bits per heavy atom. The fourth-order valence-electron chi connectivity index (χ4n) is 2.32. The summed E-state index contributed by atoms with van der Waals surface area (Å²) in [4.78, 5) is 28.1. The number of nitrogens with one attached hydrogen (secondary N) is 4. The molecule has 0 rings (SSSR count). The Labute approximate surface area is 159 Å². The van der Waals surface area contributed by atoms with Crippen LogP contribution in [0.5, 0.6) is 0 Å². The molecule has 2 amide bonds. The largest absolute Gasteiger partial charge is 0.339 e. The maximum Gasteiger partial charge on any atom is 0.222 e. The Kier molecular flexibility index (Phi) is 13.3. The topological polar surface area (TPSA) is 88.7 Å². The number of hydrogen-bond acceptors (Lipinski definition) is 6. The molecule has 0 radical (unpaired) electrons. The molecule has 8 nitrogen and oxygen atoms in total. The molecule has 0 fully saturated rings. The quantitative estimate of drug-likeness (QED) is 0.288. The van der Waals surface area contributed by atoms with Crippen LogP contribution in [0.4, 0.5) is 0 Å². The summed E-state index contributed by atoms with van der Waals surface area (Å²) in [6, 6.07) is 0. The first-order chi connectivity index (χ1) is 12.2. The third-order valence-corrected chi connectivity index (χ3v) is 4.73. The molecule has 4 N–H and O–H groups in total. The van der Waals surface area contributed by atoms with Gasteiger partial charge < -0.3 is 26.2 Å². The highest BCUT2D eigenvalue weighted by molar-refractivity contribution is 5.78. The summed E-state index contributed by atoms with van der Waals surface area (Å²) in [6.07, 6.45) is 1.64. The van der Waals surface area contributed by atoms with Gasteiger partial charge in [0.05, 0.1) is 6.67 Å². The fourth-order valence-corrected chi connectivity index (χ4v) is 2.32. The molecule has 0 aromatic rings. The van der Waals surface area contributed by atoms with E-state index in [4.69, 9.17) is 0 Å². The highest BCUT2D eigenvalue weighted by Crippen LogP contribution is 2.18. The first-order valence-electron chi connectivity index (χ1n) is 9.45. The Bertz CT molecular complexity index is 403. The smallest absolute Gasteiger partial charge is 0.222 e. The number of nitrogens with zero attached hydrogens (tertiary/aromatic N) is 2. The van der Waals surface area contributed by atoms with E-state index in [0.717, 1.165) is 32.6 Å².